The summed E-state index contributed by atoms with van der Waals surface area (Å²) in [7, 11) is 0. The summed E-state index contributed by atoms with van der Waals surface area (Å²) in [6.07, 6.45) is 4.48. The zero-order valence-corrected chi connectivity index (χ0v) is 8.08. The first-order valence-corrected chi connectivity index (χ1v) is 5.07. The molecular weight excluding hydrogens is 164 g/mol. The second-order valence-corrected chi connectivity index (χ2v) is 3.74. The van der Waals surface area contributed by atoms with E-state index in [4.69, 9.17) is 10.4 Å². The van der Waals surface area contributed by atoms with Gasteiger partial charge in [0.25, 0.3) is 0 Å². The standard InChI is InChI=1S/C10H18N2O/c11-5-8-12-6-3-10(4-7-12)2-1-9-13/h10,13H,1-4,6-9H2. The van der Waals surface area contributed by atoms with Gasteiger partial charge in [0.2, 0.25) is 0 Å². The highest BCUT2D eigenvalue weighted by molar-refractivity contribution is 4.80. The van der Waals surface area contributed by atoms with Crippen molar-refractivity contribution in [1.29, 1.82) is 5.26 Å². The molecule has 0 bridgehead atoms. The van der Waals surface area contributed by atoms with Crippen molar-refractivity contribution in [1.82, 2.24) is 4.90 Å². The van der Waals surface area contributed by atoms with Crippen molar-refractivity contribution in [2.75, 3.05) is 26.2 Å². The highest BCUT2D eigenvalue weighted by Crippen LogP contribution is 2.21. The quantitative estimate of drug-likeness (QED) is 0.660. The smallest absolute Gasteiger partial charge is 0.0865 e. The maximum atomic E-state index is 8.68. The molecular formula is C10H18N2O. The maximum absolute atomic E-state index is 8.68. The Bertz CT molecular complexity index is 168. The fourth-order valence-corrected chi connectivity index (χ4v) is 1.91. The third kappa shape index (κ3) is 3.75. The molecule has 13 heavy (non-hydrogen) atoms. The average molecular weight is 182 g/mol. The monoisotopic (exact) mass is 182 g/mol. The number of aliphatic hydroxyl groups is 1. The zero-order valence-electron chi connectivity index (χ0n) is 8.08. The molecule has 0 radical (unpaired) electrons. The van der Waals surface area contributed by atoms with E-state index >= 15 is 0 Å². The van der Waals surface area contributed by atoms with Crippen molar-refractivity contribution in [2.45, 2.75) is 25.7 Å². The van der Waals surface area contributed by atoms with Crippen LogP contribution in [0, 0.1) is 17.2 Å². The summed E-state index contributed by atoms with van der Waals surface area (Å²) in [6, 6.07) is 2.18. The van der Waals surface area contributed by atoms with Gasteiger partial charge in [-0.25, -0.2) is 0 Å². The lowest BCUT2D eigenvalue weighted by molar-refractivity contribution is 0.184. The molecule has 0 unspecified atom stereocenters. The number of likely N-dealkylation sites (tertiary alicyclic amines) is 1. The minimum absolute atomic E-state index is 0.318. The summed E-state index contributed by atoms with van der Waals surface area (Å²) in [6.45, 7) is 3.01. The van der Waals surface area contributed by atoms with Crippen LogP contribution < -0.4 is 0 Å². The number of nitrogens with zero attached hydrogens (tertiary/aromatic N) is 2. The molecule has 1 aliphatic heterocycles. The van der Waals surface area contributed by atoms with Crippen molar-refractivity contribution in [3.05, 3.63) is 0 Å². The average Bonchev–Trinajstić information content (AvgIpc) is 2.17. The Kier molecular flexibility index (Phi) is 4.81. The molecule has 0 saturated carbocycles. The van der Waals surface area contributed by atoms with Crippen LogP contribution in [0.1, 0.15) is 25.7 Å². The normalized spacial score (nSPS) is 20.0. The lowest BCUT2D eigenvalue weighted by Gasteiger charge is -2.29. The van der Waals surface area contributed by atoms with Gasteiger partial charge in [-0.05, 0) is 44.7 Å². The lowest BCUT2D eigenvalue weighted by Crippen LogP contribution is -2.33. The molecule has 1 aliphatic rings. The molecule has 74 valence electrons. The number of hydrogen-bond acceptors (Lipinski definition) is 3. The van der Waals surface area contributed by atoms with Crippen molar-refractivity contribution >= 4 is 0 Å². The Morgan fingerprint density at radius 2 is 2.08 bits per heavy atom. The molecule has 0 aromatic rings. The predicted octanol–water partition coefficient (Wildman–Crippen LogP) is 0.994. The van der Waals surface area contributed by atoms with E-state index in [2.05, 4.69) is 11.0 Å². The van der Waals surface area contributed by atoms with E-state index in [9.17, 15) is 0 Å². The predicted molar refractivity (Wildman–Crippen MR) is 51.1 cm³/mol. The van der Waals surface area contributed by atoms with Gasteiger partial charge in [0.15, 0.2) is 0 Å². The SMILES string of the molecule is N#CCN1CCC(CCCO)CC1. The van der Waals surface area contributed by atoms with E-state index in [1.165, 1.54) is 12.8 Å². The molecule has 3 nitrogen and oxygen atoms in total. The molecule has 1 N–H and O–H groups in total. The number of nitriles is 1. The molecule has 1 rings (SSSR count). The number of rotatable bonds is 4. The highest BCUT2D eigenvalue weighted by Gasteiger charge is 2.17. The van der Waals surface area contributed by atoms with E-state index in [1.54, 1.807) is 0 Å². The van der Waals surface area contributed by atoms with Crippen LogP contribution in [0.2, 0.25) is 0 Å². The van der Waals surface area contributed by atoms with E-state index in [0.717, 1.165) is 31.8 Å². The lowest BCUT2D eigenvalue weighted by atomic mass is 9.92. The topological polar surface area (TPSA) is 47.3 Å². The van der Waals surface area contributed by atoms with Crippen molar-refractivity contribution < 1.29 is 5.11 Å². The summed E-state index contributed by atoms with van der Waals surface area (Å²) < 4.78 is 0. The van der Waals surface area contributed by atoms with Gasteiger partial charge in [-0.1, -0.05) is 0 Å². The minimum atomic E-state index is 0.318. The first-order valence-electron chi connectivity index (χ1n) is 5.07. The third-order valence-corrected chi connectivity index (χ3v) is 2.77. The third-order valence-electron chi connectivity index (χ3n) is 2.77. The number of aliphatic hydroxyl groups excluding tert-OH is 1. The van der Waals surface area contributed by atoms with E-state index in [1.807, 2.05) is 0 Å². The van der Waals surface area contributed by atoms with Gasteiger partial charge in [-0.2, -0.15) is 5.26 Å². The van der Waals surface area contributed by atoms with Crippen LogP contribution >= 0.6 is 0 Å². The van der Waals surface area contributed by atoms with Gasteiger partial charge < -0.3 is 5.11 Å². The van der Waals surface area contributed by atoms with Gasteiger partial charge >= 0.3 is 0 Å². The molecule has 0 atom stereocenters. The molecule has 1 heterocycles. The Hall–Kier alpha value is -0.590. The van der Waals surface area contributed by atoms with Crippen LogP contribution in [0.3, 0.4) is 0 Å². The molecule has 0 spiro atoms. The molecule has 0 aliphatic carbocycles. The van der Waals surface area contributed by atoms with Gasteiger partial charge in [0.1, 0.15) is 0 Å². The second-order valence-electron chi connectivity index (χ2n) is 3.74. The van der Waals surface area contributed by atoms with Crippen molar-refractivity contribution in [3.63, 3.8) is 0 Å². The van der Waals surface area contributed by atoms with E-state index in [-0.39, 0.29) is 0 Å². The molecule has 0 aromatic heterocycles. The van der Waals surface area contributed by atoms with E-state index < -0.39 is 0 Å². The Morgan fingerprint density at radius 3 is 2.62 bits per heavy atom. The minimum Gasteiger partial charge on any atom is -0.396 e. The molecule has 1 fully saturated rings. The van der Waals surface area contributed by atoms with Crippen LogP contribution in [0.5, 0.6) is 0 Å². The first kappa shape index (κ1) is 10.5. The van der Waals surface area contributed by atoms with Gasteiger partial charge in [-0.3, -0.25) is 4.90 Å². The molecule has 3 heteroatoms. The Labute approximate surface area is 80.0 Å². The molecule has 1 saturated heterocycles. The van der Waals surface area contributed by atoms with Gasteiger partial charge in [-0.15, -0.1) is 0 Å². The molecule has 0 amide bonds. The fraction of sp³-hybridized carbons (Fsp3) is 0.900. The number of hydrogen-bond donors (Lipinski definition) is 1. The van der Waals surface area contributed by atoms with Crippen LogP contribution in [-0.4, -0.2) is 36.2 Å². The van der Waals surface area contributed by atoms with Gasteiger partial charge in [0.05, 0.1) is 12.6 Å². The summed E-state index contributed by atoms with van der Waals surface area (Å²) in [5.41, 5.74) is 0. The van der Waals surface area contributed by atoms with Crippen molar-refractivity contribution in [3.8, 4) is 6.07 Å². The van der Waals surface area contributed by atoms with Crippen molar-refractivity contribution in [2.24, 2.45) is 5.92 Å². The summed E-state index contributed by atoms with van der Waals surface area (Å²) in [5, 5.41) is 17.2. The molecule has 0 aromatic carbocycles. The van der Waals surface area contributed by atoms with Crippen LogP contribution in [-0.2, 0) is 0 Å². The van der Waals surface area contributed by atoms with Crippen LogP contribution in [0.25, 0.3) is 0 Å². The second kappa shape index (κ2) is 5.95. The zero-order chi connectivity index (χ0) is 9.52. The van der Waals surface area contributed by atoms with E-state index in [0.29, 0.717) is 13.2 Å². The summed E-state index contributed by atoms with van der Waals surface area (Å²) >= 11 is 0. The van der Waals surface area contributed by atoms with Crippen LogP contribution in [0.4, 0.5) is 0 Å². The Morgan fingerprint density at radius 1 is 1.38 bits per heavy atom. The summed E-state index contributed by atoms with van der Waals surface area (Å²) in [4.78, 5) is 2.20. The largest absolute Gasteiger partial charge is 0.396 e. The van der Waals surface area contributed by atoms with Crippen LogP contribution in [0.15, 0.2) is 0 Å². The Balaban J connectivity index is 2.12. The van der Waals surface area contributed by atoms with Gasteiger partial charge in [0, 0.05) is 6.61 Å². The number of piperidine rings is 1. The highest BCUT2D eigenvalue weighted by atomic mass is 16.2. The fourth-order valence-electron chi connectivity index (χ4n) is 1.91. The first-order chi connectivity index (χ1) is 6.36. The maximum Gasteiger partial charge on any atom is 0.0865 e. The summed E-state index contributed by atoms with van der Waals surface area (Å²) in [5.74, 6) is 0.780.